The molecule has 9 nitrogen and oxygen atoms in total. The molecule has 3 unspecified atom stereocenters. The number of hydrogen-bond acceptors (Lipinski definition) is 5. The van der Waals surface area contributed by atoms with Crippen LogP contribution in [0.4, 0.5) is 0 Å². The zero-order chi connectivity index (χ0) is 24.1. The predicted molar refractivity (Wildman–Crippen MR) is 126 cm³/mol. The number of nitrogens with zero attached hydrogens (tertiary/aromatic N) is 1. The monoisotopic (exact) mass is 465 g/mol. The van der Waals surface area contributed by atoms with Gasteiger partial charge in [-0.25, -0.2) is 0 Å². The van der Waals surface area contributed by atoms with E-state index in [1.54, 1.807) is 6.07 Å². The highest BCUT2D eigenvalue weighted by molar-refractivity contribution is 6.01. The van der Waals surface area contributed by atoms with Crippen LogP contribution in [0.1, 0.15) is 55.9 Å². The average molecular weight is 466 g/mol. The van der Waals surface area contributed by atoms with Crippen molar-refractivity contribution in [1.82, 2.24) is 20.9 Å². The third-order valence-corrected chi connectivity index (χ3v) is 6.37. The maximum atomic E-state index is 13.1. The van der Waals surface area contributed by atoms with E-state index in [4.69, 9.17) is 4.74 Å². The first-order chi connectivity index (χ1) is 16.5. The molecule has 2 aliphatic rings. The zero-order valence-electron chi connectivity index (χ0n) is 19.4. The summed E-state index contributed by atoms with van der Waals surface area (Å²) in [7, 11) is 0. The minimum absolute atomic E-state index is 0.0848. The normalized spacial score (nSPS) is 19.2. The SMILES string of the molecule is CCCOc1cccc2[nH]c(C(=O)NC(CC3CC3)C(=O)NC(C#N)CC3CCNC3=O)cc12. The third-order valence-electron chi connectivity index (χ3n) is 6.37. The van der Waals surface area contributed by atoms with Gasteiger partial charge in [0, 0.05) is 23.4 Å². The molecule has 1 aromatic heterocycles. The minimum Gasteiger partial charge on any atom is -0.493 e. The summed E-state index contributed by atoms with van der Waals surface area (Å²) in [6, 6.07) is 7.88. The van der Waals surface area contributed by atoms with Gasteiger partial charge in [0.25, 0.3) is 5.91 Å². The summed E-state index contributed by atoms with van der Waals surface area (Å²) < 4.78 is 5.79. The lowest BCUT2D eigenvalue weighted by molar-refractivity contribution is -0.125. The largest absolute Gasteiger partial charge is 0.493 e. The Bertz CT molecular complexity index is 1100. The fourth-order valence-corrected chi connectivity index (χ4v) is 4.31. The van der Waals surface area contributed by atoms with Crippen molar-refractivity contribution < 1.29 is 19.1 Å². The number of nitriles is 1. The summed E-state index contributed by atoms with van der Waals surface area (Å²) in [6.45, 7) is 3.20. The lowest BCUT2D eigenvalue weighted by Gasteiger charge is -2.21. The lowest BCUT2D eigenvalue weighted by Crippen LogP contribution is -2.50. The van der Waals surface area contributed by atoms with E-state index in [0.717, 1.165) is 30.2 Å². The van der Waals surface area contributed by atoms with Gasteiger partial charge in [0.1, 0.15) is 23.5 Å². The van der Waals surface area contributed by atoms with Crippen molar-refractivity contribution in [3.8, 4) is 11.8 Å². The Hall–Kier alpha value is -3.54. The molecule has 1 aromatic carbocycles. The minimum atomic E-state index is -0.786. The van der Waals surface area contributed by atoms with E-state index in [0.29, 0.717) is 43.4 Å². The van der Waals surface area contributed by atoms with Crippen LogP contribution in [0.15, 0.2) is 24.3 Å². The highest BCUT2D eigenvalue weighted by Gasteiger charge is 2.33. The number of aromatic amines is 1. The van der Waals surface area contributed by atoms with E-state index in [1.807, 2.05) is 25.1 Å². The van der Waals surface area contributed by atoms with Gasteiger partial charge in [-0.05, 0) is 49.8 Å². The molecule has 3 atom stereocenters. The maximum Gasteiger partial charge on any atom is 0.268 e. The number of H-pyrrole nitrogens is 1. The van der Waals surface area contributed by atoms with Gasteiger partial charge in [0.2, 0.25) is 11.8 Å². The molecular formula is C25H31N5O4. The Labute approximate surface area is 198 Å². The summed E-state index contributed by atoms with van der Waals surface area (Å²) in [4.78, 5) is 41.1. The first-order valence-corrected chi connectivity index (χ1v) is 12.0. The zero-order valence-corrected chi connectivity index (χ0v) is 19.4. The van der Waals surface area contributed by atoms with Gasteiger partial charge in [0.15, 0.2) is 0 Å². The van der Waals surface area contributed by atoms with Crippen molar-refractivity contribution in [2.75, 3.05) is 13.2 Å². The van der Waals surface area contributed by atoms with Crippen molar-refractivity contribution in [1.29, 1.82) is 5.26 Å². The van der Waals surface area contributed by atoms with E-state index < -0.39 is 18.0 Å². The van der Waals surface area contributed by atoms with E-state index in [1.165, 1.54) is 0 Å². The molecule has 180 valence electrons. The Balaban J connectivity index is 1.44. The molecule has 34 heavy (non-hydrogen) atoms. The van der Waals surface area contributed by atoms with E-state index in [-0.39, 0.29) is 24.2 Å². The van der Waals surface area contributed by atoms with Crippen LogP contribution in [0, 0.1) is 23.2 Å². The predicted octanol–water partition coefficient (Wildman–Crippen LogP) is 2.39. The second-order valence-corrected chi connectivity index (χ2v) is 9.16. The molecule has 4 N–H and O–H groups in total. The molecule has 1 saturated carbocycles. The van der Waals surface area contributed by atoms with Crippen LogP contribution in [-0.2, 0) is 9.59 Å². The molecule has 9 heteroatoms. The van der Waals surface area contributed by atoms with Gasteiger partial charge in [0.05, 0.1) is 12.7 Å². The van der Waals surface area contributed by atoms with Crippen LogP contribution in [0.2, 0.25) is 0 Å². The highest BCUT2D eigenvalue weighted by Crippen LogP contribution is 2.34. The number of benzene rings is 1. The standard InChI is InChI=1S/C25H31N5O4/c1-2-10-34-22-5-3-4-19-18(22)13-21(29-19)25(33)30-20(11-15-6-7-15)24(32)28-17(14-26)12-16-8-9-27-23(16)31/h3-5,13,15-17,20,29H,2,6-12H2,1H3,(H,27,31)(H,28,32)(H,30,33). The van der Waals surface area contributed by atoms with E-state index in [2.05, 4.69) is 27.0 Å². The second kappa shape index (κ2) is 10.6. The van der Waals surface area contributed by atoms with Gasteiger partial charge < -0.3 is 25.7 Å². The van der Waals surface area contributed by atoms with Crippen LogP contribution >= 0.6 is 0 Å². The number of carbonyl (C=O) groups excluding carboxylic acids is 3. The van der Waals surface area contributed by atoms with Crippen molar-refractivity contribution in [3.05, 3.63) is 30.0 Å². The van der Waals surface area contributed by atoms with Gasteiger partial charge in [-0.3, -0.25) is 14.4 Å². The van der Waals surface area contributed by atoms with Crippen molar-refractivity contribution >= 4 is 28.6 Å². The Morgan fingerprint density at radius 1 is 1.24 bits per heavy atom. The Morgan fingerprint density at radius 3 is 2.74 bits per heavy atom. The summed E-state index contributed by atoms with van der Waals surface area (Å²) in [6.07, 6.45) is 4.36. The number of carbonyl (C=O) groups is 3. The summed E-state index contributed by atoms with van der Waals surface area (Å²) in [5.41, 5.74) is 1.12. The van der Waals surface area contributed by atoms with E-state index in [9.17, 15) is 19.6 Å². The van der Waals surface area contributed by atoms with Crippen LogP contribution in [0.3, 0.4) is 0 Å². The average Bonchev–Trinajstić information content (AvgIpc) is 3.39. The molecule has 1 aliphatic heterocycles. The molecule has 3 amide bonds. The van der Waals surface area contributed by atoms with Gasteiger partial charge in [-0.1, -0.05) is 25.8 Å². The quantitative estimate of drug-likeness (QED) is 0.404. The molecule has 0 radical (unpaired) electrons. The van der Waals surface area contributed by atoms with Crippen LogP contribution < -0.4 is 20.7 Å². The Morgan fingerprint density at radius 2 is 2.06 bits per heavy atom. The van der Waals surface area contributed by atoms with Crippen LogP contribution in [-0.4, -0.2) is 47.9 Å². The van der Waals surface area contributed by atoms with Crippen molar-refractivity contribution in [3.63, 3.8) is 0 Å². The fraction of sp³-hybridized carbons (Fsp3) is 0.520. The molecule has 0 spiro atoms. The summed E-state index contributed by atoms with van der Waals surface area (Å²) in [5, 5.41) is 18.7. The second-order valence-electron chi connectivity index (χ2n) is 9.16. The first kappa shape index (κ1) is 23.6. The first-order valence-electron chi connectivity index (χ1n) is 12.0. The number of hydrogen-bond donors (Lipinski definition) is 4. The molecule has 2 aromatic rings. The number of ether oxygens (including phenoxy) is 1. The highest BCUT2D eigenvalue weighted by atomic mass is 16.5. The maximum absolute atomic E-state index is 13.1. The molecular weight excluding hydrogens is 434 g/mol. The topological polar surface area (TPSA) is 136 Å². The Kier molecular flexibility index (Phi) is 7.36. The van der Waals surface area contributed by atoms with Crippen LogP contribution in [0.5, 0.6) is 5.75 Å². The third kappa shape index (κ3) is 5.68. The lowest BCUT2D eigenvalue weighted by atomic mass is 9.98. The molecule has 0 bridgehead atoms. The molecule has 1 aliphatic carbocycles. The number of rotatable bonds is 11. The van der Waals surface area contributed by atoms with Gasteiger partial charge in [-0.2, -0.15) is 5.26 Å². The van der Waals surface area contributed by atoms with Crippen molar-refractivity contribution in [2.24, 2.45) is 11.8 Å². The van der Waals surface area contributed by atoms with Crippen molar-refractivity contribution in [2.45, 2.75) is 57.5 Å². The summed E-state index contributed by atoms with van der Waals surface area (Å²) in [5.74, 6) is -0.0607. The van der Waals surface area contributed by atoms with Crippen LogP contribution in [0.25, 0.3) is 10.9 Å². The number of nitrogens with one attached hydrogen (secondary N) is 4. The fourth-order valence-electron chi connectivity index (χ4n) is 4.31. The smallest absolute Gasteiger partial charge is 0.268 e. The summed E-state index contributed by atoms with van der Waals surface area (Å²) >= 11 is 0. The molecule has 1 saturated heterocycles. The van der Waals surface area contributed by atoms with Gasteiger partial charge in [-0.15, -0.1) is 0 Å². The van der Waals surface area contributed by atoms with Gasteiger partial charge >= 0.3 is 0 Å². The number of aromatic nitrogens is 1. The molecule has 4 rings (SSSR count). The number of amides is 3. The molecule has 2 heterocycles. The van der Waals surface area contributed by atoms with E-state index >= 15 is 0 Å². The number of fused-ring (bicyclic) bond motifs is 1. The molecule has 2 fully saturated rings.